The van der Waals surface area contributed by atoms with E-state index in [4.69, 9.17) is 10.2 Å². The summed E-state index contributed by atoms with van der Waals surface area (Å²) in [6.45, 7) is 1.36. The summed E-state index contributed by atoms with van der Waals surface area (Å²) in [5, 5.41) is 17.4. The number of hydrogen-bond acceptors (Lipinski definition) is 6. The van der Waals surface area contributed by atoms with E-state index in [1.165, 1.54) is 6.92 Å². The van der Waals surface area contributed by atoms with Crippen LogP contribution in [0.5, 0.6) is 0 Å². The molecule has 0 unspecified atom stereocenters. The molecule has 1 atom stereocenters. The second kappa shape index (κ2) is 6.15. The molecular weight excluding hydrogens is 312 g/mol. The summed E-state index contributed by atoms with van der Waals surface area (Å²) < 4.78 is 25.5. The molecule has 9 nitrogen and oxygen atoms in total. The fourth-order valence-electron chi connectivity index (χ4n) is 1.39. The summed E-state index contributed by atoms with van der Waals surface area (Å²) in [5.74, 6) is -2.73. The summed E-state index contributed by atoms with van der Waals surface area (Å²) in [5.41, 5.74) is 0.0925. The number of aryl methyl sites for hydroxylation is 1. The van der Waals surface area contributed by atoms with Gasteiger partial charge in [0, 0.05) is 12.1 Å². The molecule has 20 heavy (non-hydrogen) atoms. The lowest BCUT2D eigenvalue weighted by Crippen LogP contribution is -2.41. The molecule has 112 valence electrons. The first-order chi connectivity index (χ1) is 9.13. The van der Waals surface area contributed by atoms with Crippen LogP contribution in [-0.4, -0.2) is 41.6 Å². The highest BCUT2D eigenvalue weighted by Gasteiger charge is 2.28. The van der Waals surface area contributed by atoms with Crippen LogP contribution in [0.25, 0.3) is 0 Å². The van der Waals surface area contributed by atoms with Gasteiger partial charge in [0.15, 0.2) is 4.21 Å². The number of carboxylic acid groups (broad SMARTS) is 2. The lowest BCUT2D eigenvalue weighted by atomic mass is 10.2. The molecule has 0 radical (unpaired) electrons. The average molecular weight is 324 g/mol. The number of sulfonamides is 1. The van der Waals surface area contributed by atoms with Crippen LogP contribution in [0.4, 0.5) is 0 Å². The molecule has 4 N–H and O–H groups in total. The second-order valence-corrected chi connectivity index (χ2v) is 6.76. The number of hydrogen-bond donors (Lipinski definition) is 4. The van der Waals surface area contributed by atoms with Gasteiger partial charge in [-0.15, -0.1) is 0 Å². The molecule has 0 aliphatic carbocycles. The number of nitrogens with one attached hydrogen (secondary N) is 2. The predicted molar refractivity (Wildman–Crippen MR) is 68.3 cm³/mol. The van der Waals surface area contributed by atoms with Crippen LogP contribution >= 0.6 is 11.3 Å². The van der Waals surface area contributed by atoms with Gasteiger partial charge in [-0.25, -0.2) is 8.42 Å². The third-order valence-electron chi connectivity index (χ3n) is 2.27. The lowest BCUT2D eigenvalue weighted by molar-refractivity contribution is -0.140. The Labute approximate surface area is 117 Å². The molecule has 0 aliphatic heterocycles. The standard InChI is InChI=1S/C9H12N2O7S2/c1-4-8(19-9(16)10-4)20(17,18)11-5(7(14)15)2-3-6(12)13/h5,11H,2-3H2,1H3,(H,10,16)(H,12,13)(H,14,15)/t5-/m0/s1. The zero-order chi connectivity index (χ0) is 15.5. The summed E-state index contributed by atoms with van der Waals surface area (Å²) in [4.78, 5) is 34.1. The molecule has 0 bridgehead atoms. The summed E-state index contributed by atoms with van der Waals surface area (Å²) in [7, 11) is -4.20. The Balaban J connectivity index is 2.97. The van der Waals surface area contributed by atoms with E-state index >= 15 is 0 Å². The van der Waals surface area contributed by atoms with E-state index in [0.29, 0.717) is 11.3 Å². The molecule has 1 heterocycles. The summed E-state index contributed by atoms with van der Waals surface area (Å²) >= 11 is 0.429. The van der Waals surface area contributed by atoms with E-state index < -0.39 is 45.7 Å². The van der Waals surface area contributed by atoms with Gasteiger partial charge < -0.3 is 15.2 Å². The SMILES string of the molecule is Cc1[nH]c(=O)sc1S(=O)(=O)N[C@@H](CCC(=O)O)C(=O)O. The van der Waals surface area contributed by atoms with E-state index in [0.717, 1.165) is 0 Å². The van der Waals surface area contributed by atoms with Crippen molar-refractivity contribution in [2.45, 2.75) is 30.0 Å². The Morgan fingerprint density at radius 1 is 1.40 bits per heavy atom. The van der Waals surface area contributed by atoms with Crippen molar-refractivity contribution >= 4 is 33.3 Å². The smallest absolute Gasteiger partial charge is 0.321 e. The van der Waals surface area contributed by atoms with Crippen LogP contribution in [0.2, 0.25) is 0 Å². The van der Waals surface area contributed by atoms with E-state index in [1.807, 2.05) is 4.72 Å². The molecule has 1 aromatic heterocycles. The number of rotatable bonds is 7. The van der Waals surface area contributed by atoms with Crippen molar-refractivity contribution in [3.63, 3.8) is 0 Å². The second-order valence-electron chi connectivity index (χ2n) is 3.87. The Morgan fingerprint density at radius 2 is 2.00 bits per heavy atom. The van der Waals surface area contributed by atoms with E-state index in [1.54, 1.807) is 0 Å². The summed E-state index contributed by atoms with van der Waals surface area (Å²) in [6.07, 6.45) is -0.899. The van der Waals surface area contributed by atoms with Gasteiger partial charge in [0.1, 0.15) is 6.04 Å². The highest BCUT2D eigenvalue weighted by atomic mass is 32.2. The minimum absolute atomic E-state index is 0.0925. The third-order valence-corrected chi connectivity index (χ3v) is 5.34. The van der Waals surface area contributed by atoms with Gasteiger partial charge in [-0.3, -0.25) is 14.4 Å². The monoisotopic (exact) mass is 324 g/mol. The maximum Gasteiger partial charge on any atom is 0.321 e. The number of thiazole rings is 1. The minimum atomic E-state index is -4.20. The molecular formula is C9H12N2O7S2. The quantitative estimate of drug-likeness (QED) is 0.519. The van der Waals surface area contributed by atoms with Crippen molar-refractivity contribution < 1.29 is 28.2 Å². The molecule has 0 saturated heterocycles. The molecule has 0 fully saturated rings. The molecule has 0 spiro atoms. The highest BCUT2D eigenvalue weighted by molar-refractivity contribution is 7.91. The van der Waals surface area contributed by atoms with Crippen molar-refractivity contribution in [2.24, 2.45) is 0 Å². The Hall–Kier alpha value is -1.72. The van der Waals surface area contributed by atoms with Crippen molar-refractivity contribution in [2.75, 3.05) is 0 Å². The number of aromatic amines is 1. The van der Waals surface area contributed by atoms with Gasteiger partial charge in [0.2, 0.25) is 0 Å². The molecule has 1 aromatic rings. The Morgan fingerprint density at radius 3 is 2.40 bits per heavy atom. The Bertz CT molecular complexity index is 673. The fraction of sp³-hybridized carbons (Fsp3) is 0.444. The van der Waals surface area contributed by atoms with E-state index in [2.05, 4.69) is 4.98 Å². The average Bonchev–Trinajstić information content (AvgIpc) is 2.64. The third kappa shape index (κ3) is 4.15. The topological polar surface area (TPSA) is 154 Å². The minimum Gasteiger partial charge on any atom is -0.481 e. The number of aliphatic carboxylic acids is 2. The maximum atomic E-state index is 12.0. The van der Waals surface area contributed by atoms with Crippen LogP contribution in [0, 0.1) is 6.92 Å². The summed E-state index contributed by atoms with van der Waals surface area (Å²) in [6, 6.07) is -1.58. The maximum absolute atomic E-state index is 12.0. The first kappa shape index (κ1) is 16.3. The van der Waals surface area contributed by atoms with Crippen LogP contribution < -0.4 is 9.60 Å². The van der Waals surface area contributed by atoms with E-state index in [-0.39, 0.29) is 9.90 Å². The molecule has 11 heteroatoms. The van der Waals surface area contributed by atoms with Crippen LogP contribution in [-0.2, 0) is 19.6 Å². The highest BCUT2D eigenvalue weighted by Crippen LogP contribution is 2.16. The van der Waals surface area contributed by atoms with Gasteiger partial charge in [0.25, 0.3) is 10.0 Å². The van der Waals surface area contributed by atoms with Gasteiger partial charge in [-0.05, 0) is 13.3 Å². The molecule has 0 amide bonds. The predicted octanol–water partition coefficient (Wildman–Crippen LogP) is -0.659. The fourth-order valence-corrected chi connectivity index (χ4v) is 3.93. The number of carboxylic acids is 2. The van der Waals surface area contributed by atoms with Crippen molar-refractivity contribution in [1.29, 1.82) is 0 Å². The van der Waals surface area contributed by atoms with Gasteiger partial charge in [0.05, 0.1) is 0 Å². The zero-order valence-electron chi connectivity index (χ0n) is 10.2. The van der Waals surface area contributed by atoms with Crippen LogP contribution in [0.1, 0.15) is 18.5 Å². The van der Waals surface area contributed by atoms with Gasteiger partial charge in [-0.1, -0.05) is 11.3 Å². The zero-order valence-corrected chi connectivity index (χ0v) is 11.9. The largest absolute Gasteiger partial charge is 0.481 e. The van der Waals surface area contributed by atoms with Gasteiger partial charge in [-0.2, -0.15) is 4.72 Å². The number of aromatic nitrogens is 1. The molecule has 0 aliphatic rings. The first-order valence-electron chi connectivity index (χ1n) is 5.30. The van der Waals surface area contributed by atoms with Crippen LogP contribution in [0.15, 0.2) is 9.00 Å². The van der Waals surface area contributed by atoms with Crippen molar-refractivity contribution in [3.05, 3.63) is 15.4 Å². The Kier molecular flexibility index (Phi) is 5.03. The number of carbonyl (C=O) groups is 2. The number of H-pyrrole nitrogens is 1. The van der Waals surface area contributed by atoms with Crippen molar-refractivity contribution in [1.82, 2.24) is 9.71 Å². The van der Waals surface area contributed by atoms with Crippen molar-refractivity contribution in [3.8, 4) is 0 Å². The molecule has 0 saturated carbocycles. The van der Waals surface area contributed by atoms with E-state index in [9.17, 15) is 22.8 Å². The van der Waals surface area contributed by atoms with Gasteiger partial charge >= 0.3 is 16.8 Å². The van der Waals surface area contributed by atoms with Crippen LogP contribution in [0.3, 0.4) is 0 Å². The lowest BCUT2D eigenvalue weighted by Gasteiger charge is -2.13. The normalized spacial score (nSPS) is 13.1. The first-order valence-corrected chi connectivity index (χ1v) is 7.60. The molecule has 1 rings (SSSR count). The molecule has 0 aromatic carbocycles.